The molecule has 1 aromatic rings. The molecule has 1 amide bonds. The molecule has 0 radical (unpaired) electrons. The monoisotopic (exact) mass is 232 g/mol. The summed E-state index contributed by atoms with van der Waals surface area (Å²) in [6, 6.07) is 9.05. The summed E-state index contributed by atoms with van der Waals surface area (Å²) in [5.41, 5.74) is 0.00623. The van der Waals surface area contributed by atoms with Gasteiger partial charge in [0.1, 0.15) is 0 Å². The van der Waals surface area contributed by atoms with E-state index in [1.165, 1.54) is 0 Å². The van der Waals surface area contributed by atoms with Crippen LogP contribution in [0.15, 0.2) is 24.3 Å². The van der Waals surface area contributed by atoms with E-state index in [1.54, 1.807) is 6.07 Å². The first-order valence-electron chi connectivity index (χ1n) is 5.22. The number of β-amino-alcohol motifs (C(OH)–C–C–N with tert-alkyl or cyclic N) is 1. The molecule has 0 bridgehead atoms. The minimum absolute atomic E-state index is 0.156. The molecule has 88 valence electrons. The second-order valence-electron chi connectivity index (χ2n) is 4.23. The van der Waals surface area contributed by atoms with Gasteiger partial charge in [-0.15, -0.1) is 0 Å². The highest BCUT2D eigenvalue weighted by molar-refractivity contribution is 5.65. The highest BCUT2D eigenvalue weighted by Gasteiger charge is 2.35. The third-order valence-electron chi connectivity index (χ3n) is 2.89. The Morgan fingerprint density at radius 2 is 2.06 bits per heavy atom. The van der Waals surface area contributed by atoms with Crippen molar-refractivity contribution in [2.75, 3.05) is 6.54 Å². The van der Waals surface area contributed by atoms with Crippen molar-refractivity contribution in [2.45, 2.75) is 18.6 Å². The van der Waals surface area contributed by atoms with Crippen LogP contribution < -0.4 is 0 Å². The van der Waals surface area contributed by atoms with Crippen LogP contribution in [0.1, 0.15) is 11.1 Å². The van der Waals surface area contributed by atoms with Crippen LogP contribution in [0.2, 0.25) is 0 Å². The Hall–Kier alpha value is -2.06. The predicted octanol–water partition coefficient (Wildman–Crippen LogP) is 0.977. The van der Waals surface area contributed by atoms with Crippen molar-refractivity contribution in [3.05, 3.63) is 35.4 Å². The second kappa shape index (κ2) is 4.07. The summed E-state index contributed by atoms with van der Waals surface area (Å²) >= 11 is 0. The molecular formula is C12H12N2O3. The largest absolute Gasteiger partial charge is 0.465 e. The number of amides is 1. The van der Waals surface area contributed by atoms with Gasteiger partial charge in [0.15, 0.2) is 5.60 Å². The minimum atomic E-state index is -1.65. The zero-order valence-electron chi connectivity index (χ0n) is 9.13. The molecule has 0 saturated carbocycles. The maximum absolute atomic E-state index is 11.0. The summed E-state index contributed by atoms with van der Waals surface area (Å²) in [6.07, 6.45) is -0.973. The van der Waals surface area contributed by atoms with Gasteiger partial charge in [-0.3, -0.25) is 0 Å². The third-order valence-corrected chi connectivity index (χ3v) is 2.89. The van der Waals surface area contributed by atoms with Crippen LogP contribution in [-0.4, -0.2) is 33.4 Å². The Kier molecular flexibility index (Phi) is 2.74. The van der Waals surface area contributed by atoms with E-state index in [0.29, 0.717) is 0 Å². The van der Waals surface area contributed by atoms with E-state index in [0.717, 1.165) is 16.0 Å². The van der Waals surface area contributed by atoms with Gasteiger partial charge in [0.25, 0.3) is 0 Å². The van der Waals surface area contributed by atoms with E-state index in [1.807, 2.05) is 24.3 Å². The molecule has 0 aromatic heterocycles. The topological polar surface area (TPSA) is 84.6 Å². The summed E-state index contributed by atoms with van der Waals surface area (Å²) in [6.45, 7) is 0.0169. The number of hydrogen-bond donors (Lipinski definition) is 2. The van der Waals surface area contributed by atoms with E-state index in [4.69, 9.17) is 10.4 Å². The van der Waals surface area contributed by atoms with E-state index in [2.05, 4.69) is 0 Å². The first-order chi connectivity index (χ1) is 8.04. The van der Waals surface area contributed by atoms with Crippen LogP contribution in [-0.2, 0) is 13.0 Å². The average molecular weight is 232 g/mol. The standard InChI is InChI=1S/C12H12N2O3/c13-7-12(17)5-9-3-1-2-4-10(9)6-14(8-12)11(15)16/h1-4,17H,5-6,8H2,(H,15,16). The van der Waals surface area contributed by atoms with Crippen molar-refractivity contribution in [3.8, 4) is 6.07 Å². The van der Waals surface area contributed by atoms with Crippen LogP contribution in [0, 0.1) is 11.3 Å². The smallest absolute Gasteiger partial charge is 0.407 e. The lowest BCUT2D eigenvalue weighted by atomic mass is 9.95. The molecule has 0 spiro atoms. The fourth-order valence-electron chi connectivity index (χ4n) is 2.04. The summed E-state index contributed by atoms with van der Waals surface area (Å²) < 4.78 is 0. The number of fused-ring (bicyclic) bond motifs is 1. The van der Waals surface area contributed by atoms with Crippen LogP contribution in [0.3, 0.4) is 0 Å². The van der Waals surface area contributed by atoms with Gasteiger partial charge in [-0.1, -0.05) is 24.3 Å². The Morgan fingerprint density at radius 3 is 2.65 bits per heavy atom. The molecule has 1 unspecified atom stereocenters. The van der Waals surface area contributed by atoms with Gasteiger partial charge >= 0.3 is 6.09 Å². The van der Waals surface area contributed by atoms with Crippen molar-refractivity contribution < 1.29 is 15.0 Å². The van der Waals surface area contributed by atoms with E-state index in [9.17, 15) is 9.90 Å². The highest BCUT2D eigenvalue weighted by atomic mass is 16.4. The molecule has 1 atom stereocenters. The molecule has 2 rings (SSSR count). The summed E-state index contributed by atoms with van der Waals surface area (Å²) in [5, 5.41) is 28.1. The zero-order valence-corrected chi connectivity index (χ0v) is 9.13. The zero-order chi connectivity index (χ0) is 12.5. The second-order valence-corrected chi connectivity index (χ2v) is 4.23. The fourth-order valence-corrected chi connectivity index (χ4v) is 2.04. The van der Waals surface area contributed by atoms with Gasteiger partial charge in [0.05, 0.1) is 12.6 Å². The summed E-state index contributed by atoms with van der Waals surface area (Å²) in [5.74, 6) is 0. The Morgan fingerprint density at radius 1 is 1.41 bits per heavy atom. The molecule has 2 N–H and O–H groups in total. The quantitative estimate of drug-likeness (QED) is 0.653. The number of carbonyl (C=O) groups is 1. The molecule has 1 heterocycles. The van der Waals surface area contributed by atoms with Crippen molar-refractivity contribution >= 4 is 6.09 Å². The van der Waals surface area contributed by atoms with Gasteiger partial charge in [0.2, 0.25) is 0 Å². The number of benzene rings is 1. The Labute approximate surface area is 98.5 Å². The van der Waals surface area contributed by atoms with Gasteiger partial charge < -0.3 is 15.1 Å². The van der Waals surface area contributed by atoms with E-state index in [-0.39, 0.29) is 19.5 Å². The maximum Gasteiger partial charge on any atom is 0.407 e. The molecule has 0 aliphatic carbocycles. The fraction of sp³-hybridized carbons (Fsp3) is 0.333. The number of rotatable bonds is 0. The van der Waals surface area contributed by atoms with Crippen LogP contribution in [0.4, 0.5) is 4.79 Å². The number of hydrogen-bond acceptors (Lipinski definition) is 3. The van der Waals surface area contributed by atoms with Gasteiger partial charge in [0, 0.05) is 13.0 Å². The van der Waals surface area contributed by atoms with Gasteiger partial charge in [-0.05, 0) is 11.1 Å². The molecule has 0 fully saturated rings. The highest BCUT2D eigenvalue weighted by Crippen LogP contribution is 2.24. The predicted molar refractivity (Wildman–Crippen MR) is 59.1 cm³/mol. The molecule has 5 heteroatoms. The summed E-state index contributed by atoms with van der Waals surface area (Å²) in [7, 11) is 0. The molecule has 1 aliphatic rings. The first-order valence-corrected chi connectivity index (χ1v) is 5.22. The van der Waals surface area contributed by atoms with E-state index < -0.39 is 11.7 Å². The number of nitriles is 1. The maximum atomic E-state index is 11.0. The molecule has 5 nitrogen and oxygen atoms in total. The van der Waals surface area contributed by atoms with Crippen molar-refractivity contribution in [1.82, 2.24) is 4.90 Å². The minimum Gasteiger partial charge on any atom is -0.465 e. The molecule has 1 aliphatic heterocycles. The van der Waals surface area contributed by atoms with Crippen LogP contribution >= 0.6 is 0 Å². The first kappa shape index (κ1) is 11.4. The lowest BCUT2D eigenvalue weighted by molar-refractivity contribution is 0.0540. The lowest BCUT2D eigenvalue weighted by Gasteiger charge is -2.23. The molecular weight excluding hydrogens is 220 g/mol. The van der Waals surface area contributed by atoms with Crippen molar-refractivity contribution in [1.29, 1.82) is 5.26 Å². The summed E-state index contributed by atoms with van der Waals surface area (Å²) in [4.78, 5) is 12.1. The van der Waals surface area contributed by atoms with E-state index >= 15 is 0 Å². The molecule has 1 aromatic carbocycles. The van der Waals surface area contributed by atoms with Crippen LogP contribution in [0.25, 0.3) is 0 Å². The Bertz CT molecular complexity index is 495. The van der Waals surface area contributed by atoms with Gasteiger partial charge in [-0.25, -0.2) is 4.79 Å². The SMILES string of the molecule is N#CC1(O)Cc2ccccc2CN(C(=O)O)C1. The number of carboxylic acid groups (broad SMARTS) is 1. The van der Waals surface area contributed by atoms with Crippen LogP contribution in [0.5, 0.6) is 0 Å². The number of aliphatic hydroxyl groups is 1. The van der Waals surface area contributed by atoms with Gasteiger partial charge in [-0.2, -0.15) is 5.26 Å². The Balaban J connectivity index is 2.44. The average Bonchev–Trinajstić information content (AvgIpc) is 2.45. The molecule has 0 saturated heterocycles. The van der Waals surface area contributed by atoms with Crippen molar-refractivity contribution in [3.63, 3.8) is 0 Å². The number of nitrogens with zero attached hydrogens (tertiary/aromatic N) is 2. The lowest BCUT2D eigenvalue weighted by Crippen LogP contribution is -2.43. The van der Waals surface area contributed by atoms with Crippen molar-refractivity contribution in [2.24, 2.45) is 0 Å². The normalized spacial score (nSPS) is 23.4. The third kappa shape index (κ3) is 2.22. The molecule has 17 heavy (non-hydrogen) atoms.